The molecule has 0 radical (unpaired) electrons. The highest BCUT2D eigenvalue weighted by Gasteiger charge is 2.32. The fourth-order valence-corrected chi connectivity index (χ4v) is 6.04. The number of benzene rings is 3. The van der Waals surface area contributed by atoms with Crippen LogP contribution >= 0.6 is 12.4 Å². The maximum absolute atomic E-state index is 13.7. The Kier molecular flexibility index (Phi) is 10.8. The summed E-state index contributed by atoms with van der Waals surface area (Å²) in [4.78, 5) is 40.5. The van der Waals surface area contributed by atoms with E-state index in [9.17, 15) is 22.8 Å². The van der Waals surface area contributed by atoms with Crippen LogP contribution in [0.1, 0.15) is 40.5 Å². The van der Waals surface area contributed by atoms with Gasteiger partial charge in [0.15, 0.2) is 0 Å². The summed E-state index contributed by atoms with van der Waals surface area (Å²) >= 11 is 0. The molecule has 0 unspecified atom stereocenters. The molecular weight excluding hydrogens is 552 g/mol. The van der Waals surface area contributed by atoms with Crippen LogP contribution in [0.15, 0.2) is 89.8 Å². The highest BCUT2D eigenvalue weighted by atomic mass is 35.5. The van der Waals surface area contributed by atoms with Gasteiger partial charge in [-0.3, -0.25) is 14.4 Å². The summed E-state index contributed by atoms with van der Waals surface area (Å²) in [5.74, 6) is -1.35. The molecule has 212 valence electrons. The molecule has 0 atom stereocenters. The van der Waals surface area contributed by atoms with Gasteiger partial charge in [-0.1, -0.05) is 36.4 Å². The van der Waals surface area contributed by atoms with Crippen LogP contribution in [0, 0.1) is 0 Å². The fourth-order valence-electron chi connectivity index (χ4n) is 4.63. The molecule has 0 aromatic heterocycles. The van der Waals surface area contributed by atoms with E-state index in [1.54, 1.807) is 65.6 Å². The number of amides is 3. The molecule has 9 nitrogen and oxygen atoms in total. The SMILES string of the molecule is CCN(C(=O)CNC(=O)c1ccc(S(=O)(=O)N(C(=O)c2ccccc2)c2ccccc2)cc1)C1CCNCC1.Cl. The molecule has 3 aromatic rings. The Morgan fingerprint density at radius 2 is 1.43 bits per heavy atom. The van der Waals surface area contributed by atoms with Crippen molar-refractivity contribution in [1.82, 2.24) is 15.5 Å². The number of nitrogens with zero attached hydrogens (tertiary/aromatic N) is 2. The standard InChI is InChI=1S/C29H32N4O5S.ClH/c1-2-32(24-17-19-30-20-18-24)27(34)21-31-28(35)22-13-15-26(16-14-22)39(37,38)33(25-11-7-4-8-12-25)29(36)23-9-5-3-6-10-23;/h3-16,24,30H,2,17-21H2,1H3,(H,31,35);1H. The lowest BCUT2D eigenvalue weighted by atomic mass is 10.0. The van der Waals surface area contributed by atoms with E-state index in [1.807, 2.05) is 6.92 Å². The number of piperidine rings is 1. The van der Waals surface area contributed by atoms with E-state index in [4.69, 9.17) is 0 Å². The molecular formula is C29H33ClN4O5S. The van der Waals surface area contributed by atoms with Crippen molar-refractivity contribution < 1.29 is 22.8 Å². The van der Waals surface area contributed by atoms with Gasteiger partial charge in [-0.25, -0.2) is 8.42 Å². The second kappa shape index (κ2) is 14.1. The Morgan fingerprint density at radius 1 is 0.850 bits per heavy atom. The number of hydrogen-bond donors (Lipinski definition) is 2. The molecule has 2 N–H and O–H groups in total. The second-order valence-electron chi connectivity index (χ2n) is 9.14. The normalized spacial score (nSPS) is 13.5. The lowest BCUT2D eigenvalue weighted by Gasteiger charge is -2.34. The molecule has 11 heteroatoms. The molecule has 1 aliphatic heterocycles. The molecule has 3 aromatic carbocycles. The zero-order valence-electron chi connectivity index (χ0n) is 22.2. The van der Waals surface area contributed by atoms with Gasteiger partial charge in [-0.05, 0) is 81.4 Å². The number of sulfonamides is 1. The summed E-state index contributed by atoms with van der Waals surface area (Å²) < 4.78 is 28.1. The molecule has 0 aliphatic carbocycles. The van der Waals surface area contributed by atoms with Crippen molar-refractivity contribution in [1.29, 1.82) is 0 Å². The van der Waals surface area contributed by atoms with Crippen LogP contribution in [0.2, 0.25) is 0 Å². The zero-order valence-corrected chi connectivity index (χ0v) is 23.8. The number of para-hydroxylation sites is 1. The van der Waals surface area contributed by atoms with Crippen LogP contribution < -0.4 is 14.9 Å². The van der Waals surface area contributed by atoms with Gasteiger partial charge in [0.1, 0.15) is 0 Å². The molecule has 4 rings (SSSR count). The number of rotatable bonds is 9. The second-order valence-corrected chi connectivity index (χ2v) is 10.9. The van der Waals surface area contributed by atoms with Gasteiger partial charge in [0.05, 0.1) is 17.1 Å². The Hall–Kier alpha value is -3.73. The van der Waals surface area contributed by atoms with Gasteiger partial charge in [0.25, 0.3) is 21.8 Å². The van der Waals surface area contributed by atoms with Crippen LogP contribution in [-0.2, 0) is 14.8 Å². The van der Waals surface area contributed by atoms with Gasteiger partial charge in [-0.2, -0.15) is 4.31 Å². The van der Waals surface area contributed by atoms with Gasteiger partial charge in [-0.15, -0.1) is 12.4 Å². The monoisotopic (exact) mass is 584 g/mol. The minimum absolute atomic E-state index is 0. The van der Waals surface area contributed by atoms with Crippen LogP contribution in [0.25, 0.3) is 0 Å². The minimum atomic E-state index is -4.31. The van der Waals surface area contributed by atoms with E-state index >= 15 is 0 Å². The van der Waals surface area contributed by atoms with Crippen molar-refractivity contribution in [3.8, 4) is 0 Å². The number of carbonyl (C=O) groups is 3. The van der Waals surface area contributed by atoms with Gasteiger partial charge in [0, 0.05) is 23.7 Å². The first-order chi connectivity index (χ1) is 18.8. The Labute approximate surface area is 241 Å². The minimum Gasteiger partial charge on any atom is -0.343 e. The molecule has 1 aliphatic rings. The highest BCUT2D eigenvalue weighted by molar-refractivity contribution is 7.93. The molecule has 40 heavy (non-hydrogen) atoms. The average Bonchev–Trinajstić information content (AvgIpc) is 2.98. The topological polar surface area (TPSA) is 116 Å². The first kappa shape index (κ1) is 30.8. The Bertz CT molecular complexity index is 1400. The predicted octanol–water partition coefficient (Wildman–Crippen LogP) is 3.47. The van der Waals surface area contributed by atoms with E-state index in [-0.39, 0.29) is 52.6 Å². The smallest absolute Gasteiger partial charge is 0.272 e. The van der Waals surface area contributed by atoms with Gasteiger partial charge < -0.3 is 15.5 Å². The first-order valence-corrected chi connectivity index (χ1v) is 14.3. The lowest BCUT2D eigenvalue weighted by Crippen LogP contribution is -2.49. The Balaban J connectivity index is 0.00000441. The number of nitrogens with one attached hydrogen (secondary N) is 2. The van der Waals surface area contributed by atoms with Crippen molar-refractivity contribution >= 4 is 45.8 Å². The quantitative estimate of drug-likeness (QED) is 0.398. The summed E-state index contributed by atoms with van der Waals surface area (Å²) in [5, 5.41) is 5.92. The molecule has 1 saturated heterocycles. The lowest BCUT2D eigenvalue weighted by molar-refractivity contribution is -0.132. The van der Waals surface area contributed by atoms with E-state index in [2.05, 4.69) is 10.6 Å². The molecule has 0 spiro atoms. The maximum atomic E-state index is 13.7. The summed E-state index contributed by atoms with van der Waals surface area (Å²) in [6.45, 7) is 4.04. The number of hydrogen-bond acceptors (Lipinski definition) is 6. The largest absolute Gasteiger partial charge is 0.343 e. The van der Waals surface area contributed by atoms with E-state index in [1.165, 1.54) is 24.3 Å². The molecule has 0 bridgehead atoms. The van der Waals surface area contributed by atoms with Crippen LogP contribution in [0.4, 0.5) is 5.69 Å². The van der Waals surface area contributed by atoms with E-state index < -0.39 is 21.8 Å². The fraction of sp³-hybridized carbons (Fsp3) is 0.276. The number of halogens is 1. The molecule has 1 heterocycles. The van der Waals surface area contributed by atoms with Crippen LogP contribution in [-0.4, -0.2) is 63.3 Å². The molecule has 0 saturated carbocycles. The highest BCUT2D eigenvalue weighted by Crippen LogP contribution is 2.26. The molecule has 3 amide bonds. The van der Waals surface area contributed by atoms with Crippen molar-refractivity contribution in [2.75, 3.05) is 30.5 Å². The number of anilines is 1. The summed E-state index contributed by atoms with van der Waals surface area (Å²) in [6.07, 6.45) is 1.74. The van der Waals surface area contributed by atoms with Crippen LogP contribution in [0.3, 0.4) is 0 Å². The number of likely N-dealkylation sites (N-methyl/N-ethyl adjacent to an activating group) is 1. The van der Waals surface area contributed by atoms with Crippen molar-refractivity contribution in [3.05, 3.63) is 96.1 Å². The van der Waals surface area contributed by atoms with Crippen molar-refractivity contribution in [3.63, 3.8) is 0 Å². The third-order valence-corrected chi connectivity index (χ3v) is 8.39. The van der Waals surface area contributed by atoms with Gasteiger partial charge in [0.2, 0.25) is 5.91 Å². The summed E-state index contributed by atoms with van der Waals surface area (Å²) in [6, 6.07) is 21.7. The molecule has 1 fully saturated rings. The van der Waals surface area contributed by atoms with Crippen molar-refractivity contribution in [2.45, 2.75) is 30.7 Å². The van der Waals surface area contributed by atoms with E-state index in [0.717, 1.165) is 30.2 Å². The van der Waals surface area contributed by atoms with Crippen LogP contribution in [0.5, 0.6) is 0 Å². The third-order valence-electron chi connectivity index (χ3n) is 6.66. The summed E-state index contributed by atoms with van der Waals surface area (Å²) in [7, 11) is -4.31. The van der Waals surface area contributed by atoms with E-state index in [0.29, 0.717) is 6.54 Å². The predicted molar refractivity (Wildman–Crippen MR) is 156 cm³/mol. The van der Waals surface area contributed by atoms with Crippen molar-refractivity contribution in [2.24, 2.45) is 0 Å². The maximum Gasteiger partial charge on any atom is 0.272 e. The third kappa shape index (κ3) is 7.07. The zero-order chi connectivity index (χ0) is 27.8. The summed E-state index contributed by atoms with van der Waals surface area (Å²) in [5.41, 5.74) is 0.615. The average molecular weight is 585 g/mol. The Morgan fingerprint density at radius 3 is 2.00 bits per heavy atom. The van der Waals surface area contributed by atoms with Gasteiger partial charge >= 0.3 is 0 Å². The first-order valence-electron chi connectivity index (χ1n) is 12.9. The number of carbonyl (C=O) groups excluding carboxylic acids is 3.